The molecule has 0 bridgehead atoms. The molecule has 3 N–H and O–H groups in total. The van der Waals surface area contributed by atoms with Crippen LogP contribution in [0.4, 0.5) is 0 Å². The normalized spacial score (nSPS) is 12.9. The van der Waals surface area contributed by atoms with Crippen LogP contribution in [0.5, 0.6) is 0 Å². The number of nitrogens with two attached hydrogens (primary N) is 1. The number of sulfonamides is 1. The van der Waals surface area contributed by atoms with Gasteiger partial charge in [-0.05, 0) is 37.5 Å². The van der Waals surface area contributed by atoms with Gasteiger partial charge in [-0.25, -0.2) is 13.1 Å². The molecule has 0 spiro atoms. The Balaban J connectivity index is 2.49. The van der Waals surface area contributed by atoms with Crippen LogP contribution in [0.15, 0.2) is 29.2 Å². The summed E-state index contributed by atoms with van der Waals surface area (Å²) in [5.74, 6) is 0.648. The first-order valence-electron chi connectivity index (χ1n) is 7.33. The van der Waals surface area contributed by atoms with Crippen LogP contribution in [0, 0.1) is 6.92 Å². The number of aryl methyl sites for hydroxylation is 1. The quantitative estimate of drug-likeness (QED) is 0.681. The molecule has 6 nitrogen and oxygen atoms in total. The van der Waals surface area contributed by atoms with E-state index in [1.807, 2.05) is 13.2 Å². The van der Waals surface area contributed by atoms with Crippen molar-refractivity contribution in [3.63, 3.8) is 0 Å². The predicted molar refractivity (Wildman–Crippen MR) is 95.0 cm³/mol. The Morgan fingerprint density at radius 2 is 1.96 bits per heavy atom. The number of likely N-dealkylation sites (N-methyl/N-ethyl adjacent to an activating group) is 1. The third-order valence-electron chi connectivity index (χ3n) is 3.40. The molecule has 0 saturated heterocycles. The maximum absolute atomic E-state index is 12.1. The van der Waals surface area contributed by atoms with Gasteiger partial charge in [0.15, 0.2) is 0 Å². The van der Waals surface area contributed by atoms with E-state index in [9.17, 15) is 13.2 Å². The molecule has 0 fully saturated rings. The second kappa shape index (κ2) is 9.27. The van der Waals surface area contributed by atoms with Gasteiger partial charge in [-0.1, -0.05) is 17.7 Å². The molecule has 1 amide bonds. The average Bonchev–Trinajstić information content (AvgIpc) is 2.51. The Labute approximate surface area is 142 Å². The summed E-state index contributed by atoms with van der Waals surface area (Å²) in [5.41, 5.74) is 6.82. The van der Waals surface area contributed by atoms with Gasteiger partial charge in [-0.15, -0.1) is 0 Å². The van der Waals surface area contributed by atoms with Gasteiger partial charge in [0.1, 0.15) is 0 Å². The zero-order valence-electron chi connectivity index (χ0n) is 13.8. The number of amides is 1. The van der Waals surface area contributed by atoms with Crippen molar-refractivity contribution in [3.8, 4) is 0 Å². The van der Waals surface area contributed by atoms with Crippen molar-refractivity contribution >= 4 is 27.7 Å². The van der Waals surface area contributed by atoms with E-state index >= 15 is 0 Å². The molecule has 0 aliphatic carbocycles. The predicted octanol–water partition coefficient (Wildman–Crippen LogP) is 0.812. The number of hydrogen-bond donors (Lipinski definition) is 2. The van der Waals surface area contributed by atoms with Crippen LogP contribution in [0.1, 0.15) is 12.0 Å². The first-order valence-corrected chi connectivity index (χ1v) is 10.2. The lowest BCUT2D eigenvalue weighted by Gasteiger charge is -2.21. The fourth-order valence-corrected chi connectivity index (χ4v) is 3.42. The molecule has 1 atom stereocenters. The second-order valence-electron chi connectivity index (χ2n) is 5.36. The molecule has 0 unspecified atom stereocenters. The smallest absolute Gasteiger partial charge is 0.240 e. The fraction of sp³-hybridized carbons (Fsp3) is 0.533. The van der Waals surface area contributed by atoms with Crippen molar-refractivity contribution in [1.29, 1.82) is 0 Å². The highest BCUT2D eigenvalue weighted by atomic mass is 32.2. The molecule has 0 heterocycles. The molecule has 0 radical (unpaired) electrons. The molecule has 1 rings (SSSR count). The molecular formula is C15H25N3O3S2. The largest absolute Gasteiger partial charge is 0.343 e. The number of carbonyl (C=O) groups excluding carboxylic acids is 1. The number of rotatable bonds is 9. The average molecular weight is 360 g/mol. The highest BCUT2D eigenvalue weighted by Gasteiger charge is 2.18. The summed E-state index contributed by atoms with van der Waals surface area (Å²) in [6.45, 7) is 2.31. The van der Waals surface area contributed by atoms with E-state index in [4.69, 9.17) is 5.73 Å². The van der Waals surface area contributed by atoms with Crippen molar-refractivity contribution < 1.29 is 13.2 Å². The summed E-state index contributed by atoms with van der Waals surface area (Å²) in [7, 11) is -1.93. The molecule has 0 aliphatic rings. The Bertz CT molecular complexity index is 603. The molecule has 130 valence electrons. The summed E-state index contributed by atoms with van der Waals surface area (Å²) >= 11 is 1.64. The van der Waals surface area contributed by atoms with E-state index in [2.05, 4.69) is 4.72 Å². The van der Waals surface area contributed by atoms with E-state index in [0.717, 1.165) is 11.3 Å². The van der Waals surface area contributed by atoms with Gasteiger partial charge in [0, 0.05) is 20.1 Å². The maximum atomic E-state index is 12.1. The van der Waals surface area contributed by atoms with Crippen LogP contribution in [-0.4, -0.2) is 57.4 Å². The molecule has 1 aromatic rings. The zero-order valence-corrected chi connectivity index (χ0v) is 15.4. The lowest BCUT2D eigenvalue weighted by atomic mass is 10.2. The third-order valence-corrected chi connectivity index (χ3v) is 5.52. The van der Waals surface area contributed by atoms with E-state index in [1.165, 1.54) is 4.90 Å². The van der Waals surface area contributed by atoms with E-state index in [-0.39, 0.29) is 23.9 Å². The van der Waals surface area contributed by atoms with Gasteiger partial charge >= 0.3 is 0 Å². The first kappa shape index (κ1) is 20.0. The van der Waals surface area contributed by atoms with Crippen molar-refractivity contribution in [2.45, 2.75) is 24.3 Å². The summed E-state index contributed by atoms with van der Waals surface area (Å²) in [5, 5.41) is 0. The van der Waals surface area contributed by atoms with Crippen molar-refractivity contribution in [3.05, 3.63) is 29.8 Å². The number of benzene rings is 1. The minimum atomic E-state index is -3.56. The summed E-state index contributed by atoms with van der Waals surface area (Å²) in [6.07, 6.45) is 2.57. The minimum absolute atomic E-state index is 0.147. The van der Waals surface area contributed by atoms with Gasteiger partial charge in [0.2, 0.25) is 15.9 Å². The number of nitrogens with zero attached hydrogens (tertiary/aromatic N) is 1. The molecular weight excluding hydrogens is 334 g/mol. The topological polar surface area (TPSA) is 92.5 Å². The second-order valence-corrected chi connectivity index (χ2v) is 8.11. The van der Waals surface area contributed by atoms with E-state index < -0.39 is 16.1 Å². The van der Waals surface area contributed by atoms with Crippen LogP contribution in [0.25, 0.3) is 0 Å². The molecule has 0 aromatic heterocycles. The fourth-order valence-electron chi connectivity index (χ4n) is 1.91. The standard InChI is InChI=1S/C15H25N3O3S2/c1-12-4-6-13(7-5-12)23(20,21)17-9-10-18(2)15(19)14(16)8-11-22-3/h4-7,14,17H,8-11,16H2,1-3H3/t14-/m0/s1. The lowest BCUT2D eigenvalue weighted by molar-refractivity contribution is -0.131. The van der Waals surface area contributed by atoms with E-state index in [0.29, 0.717) is 6.42 Å². The number of hydrogen-bond acceptors (Lipinski definition) is 5. The Morgan fingerprint density at radius 3 is 2.52 bits per heavy atom. The van der Waals surface area contributed by atoms with Gasteiger partial charge in [-0.2, -0.15) is 11.8 Å². The molecule has 0 aliphatic heterocycles. The highest BCUT2D eigenvalue weighted by molar-refractivity contribution is 7.98. The Hall–Kier alpha value is -1.09. The third kappa shape index (κ3) is 6.50. The zero-order chi connectivity index (χ0) is 17.5. The lowest BCUT2D eigenvalue weighted by Crippen LogP contribution is -2.44. The van der Waals surface area contributed by atoms with Crippen LogP contribution in [0.2, 0.25) is 0 Å². The highest BCUT2D eigenvalue weighted by Crippen LogP contribution is 2.09. The first-order chi connectivity index (χ1) is 10.8. The minimum Gasteiger partial charge on any atom is -0.343 e. The van der Waals surface area contributed by atoms with Crippen molar-refractivity contribution in [2.75, 3.05) is 32.1 Å². The Morgan fingerprint density at radius 1 is 1.35 bits per heavy atom. The summed E-state index contributed by atoms with van der Waals surface area (Å²) in [6, 6.07) is 6.07. The van der Waals surface area contributed by atoms with E-state index in [1.54, 1.807) is 43.1 Å². The van der Waals surface area contributed by atoms with Crippen LogP contribution < -0.4 is 10.5 Å². The van der Waals surface area contributed by atoms with Gasteiger partial charge in [0.25, 0.3) is 0 Å². The van der Waals surface area contributed by atoms with Crippen molar-refractivity contribution in [1.82, 2.24) is 9.62 Å². The van der Waals surface area contributed by atoms with Crippen LogP contribution >= 0.6 is 11.8 Å². The molecule has 8 heteroatoms. The molecule has 1 aromatic carbocycles. The van der Waals surface area contributed by atoms with Gasteiger partial charge in [0.05, 0.1) is 10.9 Å². The number of nitrogens with one attached hydrogen (secondary N) is 1. The van der Waals surface area contributed by atoms with Gasteiger partial charge in [-0.3, -0.25) is 4.79 Å². The van der Waals surface area contributed by atoms with Crippen molar-refractivity contribution in [2.24, 2.45) is 5.73 Å². The van der Waals surface area contributed by atoms with Gasteiger partial charge < -0.3 is 10.6 Å². The number of thioether (sulfide) groups is 1. The number of carbonyl (C=O) groups is 1. The molecule has 0 saturated carbocycles. The summed E-state index contributed by atoms with van der Waals surface area (Å²) < 4.78 is 26.8. The maximum Gasteiger partial charge on any atom is 0.240 e. The Kier molecular flexibility index (Phi) is 8.04. The molecule has 23 heavy (non-hydrogen) atoms. The summed E-state index contributed by atoms with van der Waals surface area (Å²) in [4.78, 5) is 13.7. The monoisotopic (exact) mass is 359 g/mol. The SMILES string of the molecule is CSCC[C@H](N)C(=O)N(C)CCNS(=O)(=O)c1ccc(C)cc1. The van der Waals surface area contributed by atoms with Crippen LogP contribution in [-0.2, 0) is 14.8 Å². The van der Waals surface area contributed by atoms with Crippen LogP contribution in [0.3, 0.4) is 0 Å².